The molecule has 3 heterocycles. The average molecular weight is 384 g/mol. The second-order valence-corrected chi connectivity index (χ2v) is 7.18. The van der Waals surface area contributed by atoms with Gasteiger partial charge < -0.3 is 10.2 Å². The molecule has 2 aromatic rings. The van der Waals surface area contributed by atoms with Gasteiger partial charge in [-0.3, -0.25) is 4.79 Å². The van der Waals surface area contributed by atoms with Crippen molar-refractivity contribution in [2.24, 2.45) is 5.92 Å². The van der Waals surface area contributed by atoms with Gasteiger partial charge in [0.25, 0.3) is 0 Å². The predicted molar refractivity (Wildman–Crippen MR) is 93.1 cm³/mol. The second-order valence-electron chi connectivity index (χ2n) is 6.24. The van der Waals surface area contributed by atoms with E-state index in [-0.39, 0.29) is 11.8 Å². The van der Waals surface area contributed by atoms with Gasteiger partial charge in [0, 0.05) is 37.1 Å². The van der Waals surface area contributed by atoms with Crippen molar-refractivity contribution in [2.75, 3.05) is 24.5 Å². The lowest BCUT2D eigenvalue weighted by Gasteiger charge is -2.18. The number of aromatic nitrogens is 2. The molecule has 1 saturated heterocycles. The Bertz CT molecular complexity index is 760. The standard InChI is InChI=1S/C17H19F3N4OS/c1-11-14(26-10-23-11)4-6-21-16(25)12-5-7-24(9-12)15-3-2-13(8-22-15)17(18,19)20/h2-3,8,10,12H,4-7,9H2,1H3,(H,21,25). The Morgan fingerprint density at radius 1 is 1.38 bits per heavy atom. The summed E-state index contributed by atoms with van der Waals surface area (Å²) >= 11 is 1.57. The zero-order valence-electron chi connectivity index (χ0n) is 14.2. The second kappa shape index (κ2) is 7.61. The molecule has 140 valence electrons. The van der Waals surface area contributed by atoms with Crippen molar-refractivity contribution in [3.05, 3.63) is 40.0 Å². The van der Waals surface area contributed by atoms with Gasteiger partial charge in [-0.1, -0.05) is 0 Å². The molecule has 2 aromatic heterocycles. The molecule has 0 aromatic carbocycles. The van der Waals surface area contributed by atoms with E-state index < -0.39 is 11.7 Å². The number of nitrogens with one attached hydrogen (secondary N) is 1. The lowest BCUT2D eigenvalue weighted by Crippen LogP contribution is -2.34. The van der Waals surface area contributed by atoms with Crippen molar-refractivity contribution in [1.29, 1.82) is 0 Å². The fourth-order valence-electron chi connectivity index (χ4n) is 2.93. The number of rotatable bonds is 5. The molecular formula is C17H19F3N4OS. The summed E-state index contributed by atoms with van der Waals surface area (Å²) in [4.78, 5) is 23.4. The Labute approximate surface area is 153 Å². The van der Waals surface area contributed by atoms with Gasteiger partial charge in [0.15, 0.2) is 0 Å². The van der Waals surface area contributed by atoms with Crippen LogP contribution in [0.3, 0.4) is 0 Å². The maximum Gasteiger partial charge on any atom is 0.417 e. The molecule has 0 radical (unpaired) electrons. The van der Waals surface area contributed by atoms with Crippen LogP contribution in [0.4, 0.5) is 19.0 Å². The number of halogens is 3. The van der Waals surface area contributed by atoms with Gasteiger partial charge in [0.1, 0.15) is 5.82 Å². The largest absolute Gasteiger partial charge is 0.417 e. The van der Waals surface area contributed by atoms with Crippen LogP contribution < -0.4 is 10.2 Å². The number of carbonyl (C=O) groups excluding carboxylic acids is 1. The summed E-state index contributed by atoms with van der Waals surface area (Å²) in [5, 5.41) is 2.94. The third-order valence-corrected chi connectivity index (χ3v) is 5.45. The highest BCUT2D eigenvalue weighted by Crippen LogP contribution is 2.30. The van der Waals surface area contributed by atoms with Gasteiger partial charge in [0.2, 0.25) is 5.91 Å². The van der Waals surface area contributed by atoms with Crippen molar-refractivity contribution >= 4 is 23.1 Å². The minimum atomic E-state index is -4.39. The summed E-state index contributed by atoms with van der Waals surface area (Å²) in [6.07, 6.45) is -2.15. The number of hydrogen-bond acceptors (Lipinski definition) is 5. The lowest BCUT2D eigenvalue weighted by molar-refractivity contribution is -0.137. The molecule has 1 atom stereocenters. The molecule has 0 aliphatic carbocycles. The van der Waals surface area contributed by atoms with Crippen LogP contribution in [0.5, 0.6) is 0 Å². The van der Waals surface area contributed by atoms with E-state index >= 15 is 0 Å². The van der Waals surface area contributed by atoms with E-state index in [9.17, 15) is 18.0 Å². The van der Waals surface area contributed by atoms with Crippen LogP contribution in [0.1, 0.15) is 22.6 Å². The lowest BCUT2D eigenvalue weighted by atomic mass is 10.1. The quantitative estimate of drug-likeness (QED) is 0.861. The number of hydrogen-bond donors (Lipinski definition) is 1. The molecule has 0 bridgehead atoms. The van der Waals surface area contributed by atoms with Crippen LogP contribution in [-0.4, -0.2) is 35.5 Å². The summed E-state index contributed by atoms with van der Waals surface area (Å²) in [6.45, 7) is 3.56. The molecule has 0 spiro atoms. The zero-order valence-corrected chi connectivity index (χ0v) is 15.0. The van der Waals surface area contributed by atoms with E-state index in [0.717, 1.165) is 29.3 Å². The van der Waals surface area contributed by atoms with Gasteiger partial charge >= 0.3 is 6.18 Å². The maximum atomic E-state index is 12.6. The fourth-order valence-corrected chi connectivity index (χ4v) is 3.71. The van der Waals surface area contributed by atoms with Crippen molar-refractivity contribution < 1.29 is 18.0 Å². The van der Waals surface area contributed by atoms with Gasteiger partial charge in [-0.05, 0) is 25.5 Å². The number of thiazole rings is 1. The molecule has 1 unspecified atom stereocenters. The van der Waals surface area contributed by atoms with Gasteiger partial charge in [0.05, 0.1) is 22.7 Å². The summed E-state index contributed by atoms with van der Waals surface area (Å²) < 4.78 is 37.8. The van der Waals surface area contributed by atoms with Crippen LogP contribution in [0.15, 0.2) is 23.8 Å². The molecule has 5 nitrogen and oxygen atoms in total. The van der Waals surface area contributed by atoms with E-state index in [2.05, 4.69) is 15.3 Å². The van der Waals surface area contributed by atoms with Gasteiger partial charge in [-0.2, -0.15) is 13.2 Å². The molecule has 1 aliphatic rings. The number of amides is 1. The Balaban J connectivity index is 1.50. The highest BCUT2D eigenvalue weighted by Gasteiger charge is 2.32. The first kappa shape index (κ1) is 18.6. The molecule has 1 N–H and O–H groups in total. The highest BCUT2D eigenvalue weighted by molar-refractivity contribution is 7.09. The number of alkyl halides is 3. The topological polar surface area (TPSA) is 58.1 Å². The first-order valence-corrected chi connectivity index (χ1v) is 9.17. The minimum absolute atomic E-state index is 0.0263. The van der Waals surface area contributed by atoms with Gasteiger partial charge in [-0.25, -0.2) is 9.97 Å². The Morgan fingerprint density at radius 2 is 2.19 bits per heavy atom. The van der Waals surface area contributed by atoms with Crippen LogP contribution in [0.25, 0.3) is 0 Å². The molecule has 1 fully saturated rings. The van der Waals surface area contributed by atoms with Crippen molar-refractivity contribution in [3.63, 3.8) is 0 Å². The van der Waals surface area contributed by atoms with Crippen molar-refractivity contribution in [1.82, 2.24) is 15.3 Å². The summed E-state index contributed by atoms with van der Waals surface area (Å²) in [5.41, 5.74) is 2.01. The zero-order chi connectivity index (χ0) is 18.7. The molecule has 1 aliphatic heterocycles. The predicted octanol–water partition coefficient (Wildman–Crippen LogP) is 3.05. The minimum Gasteiger partial charge on any atom is -0.356 e. The summed E-state index contributed by atoms with van der Waals surface area (Å²) in [7, 11) is 0. The number of aryl methyl sites for hydroxylation is 1. The smallest absolute Gasteiger partial charge is 0.356 e. The SMILES string of the molecule is Cc1ncsc1CCNC(=O)C1CCN(c2ccc(C(F)(F)F)cn2)C1. The third-order valence-electron chi connectivity index (χ3n) is 4.45. The molecule has 0 saturated carbocycles. The molecule has 1 amide bonds. The molecule has 3 rings (SSSR count). The maximum absolute atomic E-state index is 12.6. The highest BCUT2D eigenvalue weighted by atomic mass is 32.1. The van der Waals surface area contributed by atoms with Crippen molar-refractivity contribution in [3.8, 4) is 0 Å². The summed E-state index contributed by atoms with van der Waals surface area (Å²) in [5.74, 6) is 0.261. The van der Waals surface area contributed by atoms with Gasteiger partial charge in [-0.15, -0.1) is 11.3 Å². The molecular weight excluding hydrogens is 365 g/mol. The number of pyridine rings is 1. The first-order valence-electron chi connectivity index (χ1n) is 8.29. The number of anilines is 1. The Hall–Kier alpha value is -2.16. The van der Waals surface area contributed by atoms with E-state index in [0.29, 0.717) is 31.9 Å². The fraction of sp³-hybridized carbons (Fsp3) is 0.471. The Morgan fingerprint density at radius 3 is 2.81 bits per heavy atom. The monoisotopic (exact) mass is 384 g/mol. The normalized spacial score (nSPS) is 17.5. The number of nitrogens with zero attached hydrogens (tertiary/aromatic N) is 3. The van der Waals surface area contributed by atoms with E-state index in [1.807, 2.05) is 11.8 Å². The van der Waals surface area contributed by atoms with E-state index in [1.54, 1.807) is 16.8 Å². The molecule has 9 heteroatoms. The molecule has 26 heavy (non-hydrogen) atoms. The first-order chi connectivity index (χ1) is 12.3. The average Bonchev–Trinajstić information content (AvgIpc) is 3.24. The van der Waals surface area contributed by atoms with E-state index in [4.69, 9.17) is 0 Å². The van der Waals surface area contributed by atoms with Crippen LogP contribution >= 0.6 is 11.3 Å². The summed E-state index contributed by atoms with van der Waals surface area (Å²) in [6, 6.07) is 2.38. The van der Waals surface area contributed by atoms with E-state index in [1.165, 1.54) is 6.07 Å². The third kappa shape index (κ3) is 4.32. The van der Waals surface area contributed by atoms with Crippen LogP contribution in [0, 0.1) is 12.8 Å². The van der Waals surface area contributed by atoms with Crippen molar-refractivity contribution in [2.45, 2.75) is 25.9 Å². The van der Waals surface area contributed by atoms with Crippen LogP contribution in [-0.2, 0) is 17.4 Å². The Kier molecular flexibility index (Phi) is 5.45. The number of carbonyl (C=O) groups is 1. The van der Waals surface area contributed by atoms with Crippen LogP contribution in [0.2, 0.25) is 0 Å².